The van der Waals surface area contributed by atoms with Crippen LogP contribution in [0, 0.1) is 18.2 Å². The van der Waals surface area contributed by atoms with Crippen LogP contribution in [0.5, 0.6) is 0 Å². The first-order valence-electron chi connectivity index (χ1n) is 15.1. The number of carbonyl (C=O) groups is 2. The second-order valence-electron chi connectivity index (χ2n) is 12.2. The van der Waals surface area contributed by atoms with E-state index in [-0.39, 0.29) is 31.7 Å². The predicted molar refractivity (Wildman–Crippen MR) is 163 cm³/mol. The van der Waals surface area contributed by atoms with Crippen molar-refractivity contribution < 1.29 is 32.6 Å². The number of hydrogen-bond acceptors (Lipinski definition) is 10. The number of rotatable bonds is 11. The van der Waals surface area contributed by atoms with Gasteiger partial charge in [0.15, 0.2) is 10.8 Å². The maximum Gasteiger partial charge on any atom is 0.338 e. The number of aliphatic carboxylic acids is 1. The minimum absolute atomic E-state index is 0.0494. The summed E-state index contributed by atoms with van der Waals surface area (Å²) in [6.07, 6.45) is 1.81. The van der Waals surface area contributed by atoms with Crippen LogP contribution in [0.1, 0.15) is 56.3 Å². The van der Waals surface area contributed by atoms with Crippen LogP contribution in [0.2, 0.25) is 0 Å². The normalized spacial score (nSPS) is 24.0. The number of alkyl halides is 2. The van der Waals surface area contributed by atoms with E-state index in [1.54, 1.807) is 61.3 Å². The van der Waals surface area contributed by atoms with E-state index in [1.807, 2.05) is 11.9 Å². The molecule has 45 heavy (non-hydrogen) atoms. The van der Waals surface area contributed by atoms with Gasteiger partial charge in [-0.15, -0.1) is 11.3 Å². The summed E-state index contributed by atoms with van der Waals surface area (Å²) in [6.45, 7) is 8.76. The number of carbonyl (C=O) groups excluding carboxylic acids is 1. The van der Waals surface area contributed by atoms with Crippen LogP contribution in [-0.2, 0) is 14.3 Å². The molecular weight excluding hydrogens is 609 g/mol. The Labute approximate surface area is 264 Å². The Kier molecular flexibility index (Phi) is 9.41. The molecule has 3 atom stereocenters. The van der Waals surface area contributed by atoms with Crippen molar-refractivity contribution in [2.75, 3.05) is 39.3 Å². The molecule has 2 fully saturated rings. The van der Waals surface area contributed by atoms with Gasteiger partial charge in [0.25, 0.3) is 5.92 Å². The summed E-state index contributed by atoms with van der Waals surface area (Å²) in [7, 11) is 0. The number of benzene rings is 1. The Morgan fingerprint density at radius 1 is 1.27 bits per heavy atom. The van der Waals surface area contributed by atoms with Crippen molar-refractivity contribution in [1.82, 2.24) is 25.2 Å². The van der Waals surface area contributed by atoms with Crippen LogP contribution in [0.4, 0.5) is 13.2 Å². The molecule has 0 aliphatic carbocycles. The highest BCUT2D eigenvalue weighted by Crippen LogP contribution is 2.43. The zero-order valence-electron chi connectivity index (χ0n) is 26.0. The standard InChI is InChI=1S/C31H39F3N6O4S/c1-6-39-16-22-25(40(39)13-11-30(4,5)29(42)43)31(33,34)17-38(22)15-21-23(28(41)44-7-2)24(19-9-8-10-20(32)18(19)3)37-26(36-21)27-35-12-14-45-27/h8-10,12,14,22,24-25H,6-7,11,13,15-17H2,1-5H3,(H,36,37)(H,42,43). The molecule has 2 saturated heterocycles. The van der Waals surface area contributed by atoms with Gasteiger partial charge >= 0.3 is 11.9 Å². The first kappa shape index (κ1) is 33.0. The summed E-state index contributed by atoms with van der Waals surface area (Å²) in [6, 6.07) is 1.83. The molecule has 4 heterocycles. The zero-order valence-corrected chi connectivity index (χ0v) is 26.8. The van der Waals surface area contributed by atoms with Gasteiger partial charge in [-0.1, -0.05) is 19.1 Å². The SMILES string of the molecule is CCOC(=O)C1=C(CN2CC(F)(F)C3C2CN(CC)N3CCC(C)(C)C(=O)O)NC(c2nccs2)=NC1c1cccc(F)c1C. The van der Waals surface area contributed by atoms with Gasteiger partial charge in [0, 0.05) is 49.5 Å². The van der Waals surface area contributed by atoms with E-state index in [9.17, 15) is 19.1 Å². The van der Waals surface area contributed by atoms with Gasteiger partial charge < -0.3 is 15.2 Å². The number of halogens is 3. The number of hydrogen-bond donors (Lipinski definition) is 2. The van der Waals surface area contributed by atoms with E-state index in [4.69, 9.17) is 9.73 Å². The third kappa shape index (κ3) is 6.38. The Morgan fingerprint density at radius 3 is 2.67 bits per heavy atom. The van der Waals surface area contributed by atoms with Gasteiger partial charge in [-0.25, -0.2) is 33.0 Å². The lowest BCUT2D eigenvalue weighted by Gasteiger charge is -2.35. The first-order valence-corrected chi connectivity index (χ1v) is 15.9. The van der Waals surface area contributed by atoms with Crippen LogP contribution in [-0.4, -0.2) is 100 Å². The van der Waals surface area contributed by atoms with Crippen LogP contribution in [0.15, 0.2) is 46.0 Å². The third-order valence-electron chi connectivity index (χ3n) is 8.89. The van der Waals surface area contributed by atoms with Gasteiger partial charge in [0.1, 0.15) is 17.9 Å². The average molecular weight is 649 g/mol. The van der Waals surface area contributed by atoms with E-state index in [1.165, 1.54) is 17.4 Å². The second-order valence-corrected chi connectivity index (χ2v) is 13.1. The second kappa shape index (κ2) is 12.8. The number of likely N-dealkylation sites (tertiary alicyclic amines) is 1. The molecule has 5 rings (SSSR count). The lowest BCUT2D eigenvalue weighted by molar-refractivity contribution is -0.149. The summed E-state index contributed by atoms with van der Waals surface area (Å²) in [5.41, 5.74) is 0.164. The summed E-state index contributed by atoms with van der Waals surface area (Å²) < 4.78 is 52.1. The predicted octanol–water partition coefficient (Wildman–Crippen LogP) is 4.24. The quantitative estimate of drug-likeness (QED) is 0.346. The van der Waals surface area contributed by atoms with E-state index in [0.29, 0.717) is 40.8 Å². The first-order chi connectivity index (χ1) is 21.3. The van der Waals surface area contributed by atoms with Gasteiger partial charge in [-0.05, 0) is 51.3 Å². The van der Waals surface area contributed by atoms with Gasteiger partial charge in [0.2, 0.25) is 0 Å². The summed E-state index contributed by atoms with van der Waals surface area (Å²) in [5.74, 6) is -4.88. The van der Waals surface area contributed by atoms with Crippen LogP contribution >= 0.6 is 11.3 Å². The molecule has 3 aliphatic rings. The molecule has 3 aliphatic heterocycles. The fourth-order valence-electron chi connectivity index (χ4n) is 6.32. The topological polar surface area (TPSA) is 111 Å². The number of hydrazine groups is 1. The number of carboxylic acid groups (broad SMARTS) is 1. The number of aliphatic imine (C=N–C) groups is 1. The highest BCUT2D eigenvalue weighted by atomic mass is 32.1. The average Bonchev–Trinajstić information content (AvgIpc) is 3.70. The van der Waals surface area contributed by atoms with Gasteiger partial charge in [-0.2, -0.15) is 0 Å². The summed E-state index contributed by atoms with van der Waals surface area (Å²) in [5, 5.41) is 18.6. The highest BCUT2D eigenvalue weighted by Gasteiger charge is 2.61. The van der Waals surface area contributed by atoms with Crippen molar-refractivity contribution in [2.24, 2.45) is 10.4 Å². The van der Waals surface area contributed by atoms with E-state index in [2.05, 4.69) is 10.3 Å². The van der Waals surface area contributed by atoms with E-state index in [0.717, 1.165) is 0 Å². The number of esters is 1. The van der Waals surface area contributed by atoms with Crippen LogP contribution < -0.4 is 5.32 Å². The Balaban J connectivity index is 1.54. The third-order valence-corrected chi connectivity index (χ3v) is 9.67. The molecule has 0 spiro atoms. The fraction of sp³-hybridized carbons (Fsp3) is 0.548. The van der Waals surface area contributed by atoms with Crippen LogP contribution in [0.3, 0.4) is 0 Å². The molecule has 244 valence electrons. The maximum atomic E-state index is 15.9. The van der Waals surface area contributed by atoms with Crippen molar-refractivity contribution in [3.63, 3.8) is 0 Å². The molecule has 2 N–H and O–H groups in total. The molecule has 3 unspecified atom stereocenters. The Bertz CT molecular complexity index is 1500. The number of thiazole rings is 1. The smallest absolute Gasteiger partial charge is 0.338 e. The summed E-state index contributed by atoms with van der Waals surface area (Å²) >= 11 is 1.32. The zero-order chi connectivity index (χ0) is 32.7. The molecule has 0 bridgehead atoms. The molecule has 0 saturated carbocycles. The van der Waals surface area contributed by atoms with Crippen molar-refractivity contribution in [3.05, 3.63) is 63.0 Å². The Hall–Kier alpha value is -3.33. The number of ether oxygens (including phenoxy) is 1. The number of nitrogens with one attached hydrogen (secondary N) is 1. The monoisotopic (exact) mass is 648 g/mol. The number of nitrogens with zero attached hydrogens (tertiary/aromatic N) is 5. The number of aromatic nitrogens is 1. The number of fused-ring (bicyclic) bond motifs is 1. The van der Waals surface area contributed by atoms with Crippen molar-refractivity contribution >= 4 is 29.1 Å². The number of carboxylic acids is 1. The molecule has 0 radical (unpaired) electrons. The minimum atomic E-state index is -3.12. The van der Waals surface area contributed by atoms with E-state index < -0.39 is 53.8 Å². The van der Waals surface area contributed by atoms with Crippen molar-refractivity contribution in [1.29, 1.82) is 0 Å². The van der Waals surface area contributed by atoms with Gasteiger partial charge in [0.05, 0.1) is 24.1 Å². The molecule has 14 heteroatoms. The van der Waals surface area contributed by atoms with Crippen molar-refractivity contribution in [2.45, 2.75) is 65.1 Å². The molecule has 1 aromatic heterocycles. The molecule has 10 nitrogen and oxygen atoms in total. The number of amidine groups is 1. The highest BCUT2D eigenvalue weighted by molar-refractivity contribution is 7.11. The maximum absolute atomic E-state index is 15.9. The Morgan fingerprint density at radius 2 is 2.02 bits per heavy atom. The lowest BCUT2D eigenvalue weighted by atomic mass is 9.89. The molecule has 0 amide bonds. The van der Waals surface area contributed by atoms with Gasteiger partial charge in [-0.3, -0.25) is 14.7 Å². The van der Waals surface area contributed by atoms with Crippen molar-refractivity contribution in [3.8, 4) is 0 Å². The minimum Gasteiger partial charge on any atom is -0.481 e. The number of likely N-dealkylation sites (N-methyl/N-ethyl adjacent to an activating group) is 1. The lowest BCUT2D eigenvalue weighted by Crippen LogP contribution is -2.50. The summed E-state index contributed by atoms with van der Waals surface area (Å²) in [4.78, 5) is 36.1. The largest absolute Gasteiger partial charge is 0.481 e. The van der Waals surface area contributed by atoms with Crippen LogP contribution in [0.25, 0.3) is 0 Å². The molecule has 2 aromatic rings. The molecule has 1 aromatic carbocycles. The fourth-order valence-corrected chi connectivity index (χ4v) is 6.91. The van der Waals surface area contributed by atoms with E-state index >= 15 is 8.78 Å². The molecular formula is C31H39F3N6O4S.